The molecular formula is C21H26N2O4. The predicted octanol–water partition coefficient (Wildman–Crippen LogP) is 3.02. The fraction of sp³-hybridized carbons (Fsp3) is 0.381. The molecule has 0 fully saturated rings. The van der Waals surface area contributed by atoms with E-state index in [-0.39, 0.29) is 11.9 Å². The Morgan fingerprint density at radius 2 is 1.85 bits per heavy atom. The number of anilines is 1. The van der Waals surface area contributed by atoms with Gasteiger partial charge in [-0.25, -0.2) is 0 Å². The van der Waals surface area contributed by atoms with Crippen molar-refractivity contribution in [2.75, 3.05) is 32.2 Å². The Labute approximate surface area is 159 Å². The molecule has 0 aliphatic carbocycles. The van der Waals surface area contributed by atoms with Crippen LogP contribution in [0.2, 0.25) is 0 Å². The first-order valence-corrected chi connectivity index (χ1v) is 9.22. The number of benzene rings is 2. The second-order valence-electron chi connectivity index (χ2n) is 6.47. The molecule has 144 valence electrons. The summed E-state index contributed by atoms with van der Waals surface area (Å²) in [7, 11) is 1.65. The lowest BCUT2D eigenvalue weighted by molar-refractivity contribution is -0.121. The molecule has 1 unspecified atom stereocenters. The van der Waals surface area contributed by atoms with Crippen LogP contribution in [0.3, 0.4) is 0 Å². The summed E-state index contributed by atoms with van der Waals surface area (Å²) in [5, 5.41) is 6.18. The molecule has 0 saturated heterocycles. The molecule has 1 atom stereocenters. The monoisotopic (exact) mass is 370 g/mol. The molecule has 1 aliphatic rings. The summed E-state index contributed by atoms with van der Waals surface area (Å²) < 4.78 is 16.5. The van der Waals surface area contributed by atoms with Crippen molar-refractivity contribution in [1.29, 1.82) is 0 Å². The van der Waals surface area contributed by atoms with E-state index in [1.165, 1.54) is 0 Å². The lowest BCUT2D eigenvalue weighted by atomic mass is 10.1. The van der Waals surface area contributed by atoms with Crippen LogP contribution in [0.5, 0.6) is 17.2 Å². The van der Waals surface area contributed by atoms with Crippen LogP contribution in [0.4, 0.5) is 5.69 Å². The van der Waals surface area contributed by atoms with E-state index >= 15 is 0 Å². The van der Waals surface area contributed by atoms with Gasteiger partial charge in [-0.05, 0) is 43.2 Å². The normalized spacial score (nSPS) is 14.0. The zero-order valence-electron chi connectivity index (χ0n) is 15.8. The summed E-state index contributed by atoms with van der Waals surface area (Å²) in [6.45, 7) is 3.72. The third-order valence-electron chi connectivity index (χ3n) is 4.40. The minimum Gasteiger partial charge on any atom is -0.497 e. The summed E-state index contributed by atoms with van der Waals surface area (Å²) in [4.78, 5) is 12.3. The molecule has 0 spiro atoms. The average Bonchev–Trinajstić information content (AvgIpc) is 2.93. The van der Waals surface area contributed by atoms with Crippen LogP contribution in [0.1, 0.15) is 18.9 Å². The Morgan fingerprint density at radius 1 is 1.11 bits per heavy atom. The Hall–Kier alpha value is -2.89. The quantitative estimate of drug-likeness (QED) is 0.784. The number of ether oxygens (including phenoxy) is 3. The SMILES string of the molecule is COc1ccc(CCNC(=O)C(C)Nc2ccc3c(c2)OCCCO3)cc1. The molecule has 1 amide bonds. The minimum atomic E-state index is -0.356. The van der Waals surface area contributed by atoms with Gasteiger partial charge in [0.2, 0.25) is 5.91 Å². The van der Waals surface area contributed by atoms with Gasteiger partial charge >= 0.3 is 0 Å². The number of carbonyl (C=O) groups is 1. The molecule has 0 aromatic heterocycles. The topological polar surface area (TPSA) is 68.8 Å². The van der Waals surface area contributed by atoms with Crippen molar-refractivity contribution < 1.29 is 19.0 Å². The summed E-state index contributed by atoms with van der Waals surface area (Å²) in [6, 6.07) is 13.1. The average molecular weight is 370 g/mol. The van der Waals surface area contributed by atoms with E-state index in [0.29, 0.717) is 25.5 Å². The first kappa shape index (κ1) is 18.9. The second-order valence-corrected chi connectivity index (χ2v) is 6.47. The van der Waals surface area contributed by atoms with Gasteiger partial charge < -0.3 is 24.8 Å². The summed E-state index contributed by atoms with van der Waals surface area (Å²) in [5.74, 6) is 2.24. The van der Waals surface area contributed by atoms with Gasteiger partial charge in [0.1, 0.15) is 11.8 Å². The molecule has 6 nitrogen and oxygen atoms in total. The van der Waals surface area contributed by atoms with E-state index in [1.807, 2.05) is 49.4 Å². The van der Waals surface area contributed by atoms with Gasteiger partial charge in [-0.1, -0.05) is 12.1 Å². The molecule has 2 N–H and O–H groups in total. The molecule has 6 heteroatoms. The number of rotatable bonds is 7. The Kier molecular flexibility index (Phi) is 6.41. The van der Waals surface area contributed by atoms with Crippen LogP contribution < -0.4 is 24.8 Å². The summed E-state index contributed by atoms with van der Waals surface area (Å²) in [5.41, 5.74) is 1.98. The van der Waals surface area contributed by atoms with Gasteiger partial charge in [-0.2, -0.15) is 0 Å². The number of hydrogen-bond acceptors (Lipinski definition) is 5. The van der Waals surface area contributed by atoms with E-state index in [0.717, 1.165) is 35.6 Å². The highest BCUT2D eigenvalue weighted by Crippen LogP contribution is 2.32. The smallest absolute Gasteiger partial charge is 0.242 e. The van der Waals surface area contributed by atoms with Crippen LogP contribution in [-0.4, -0.2) is 38.8 Å². The van der Waals surface area contributed by atoms with Gasteiger partial charge in [-0.3, -0.25) is 4.79 Å². The van der Waals surface area contributed by atoms with Crippen LogP contribution in [0.15, 0.2) is 42.5 Å². The van der Waals surface area contributed by atoms with Crippen molar-refractivity contribution in [3.63, 3.8) is 0 Å². The molecule has 0 bridgehead atoms. The first-order chi connectivity index (χ1) is 13.2. The van der Waals surface area contributed by atoms with E-state index in [4.69, 9.17) is 14.2 Å². The molecule has 3 rings (SSSR count). The Morgan fingerprint density at radius 3 is 2.59 bits per heavy atom. The van der Waals surface area contributed by atoms with Gasteiger partial charge in [0.15, 0.2) is 11.5 Å². The second kappa shape index (κ2) is 9.16. The maximum Gasteiger partial charge on any atom is 0.242 e. The zero-order chi connectivity index (χ0) is 19.1. The van der Waals surface area contributed by atoms with Crippen LogP contribution in [0.25, 0.3) is 0 Å². The number of hydrogen-bond donors (Lipinski definition) is 2. The highest BCUT2D eigenvalue weighted by atomic mass is 16.5. The molecule has 0 saturated carbocycles. The van der Waals surface area contributed by atoms with Crippen molar-refractivity contribution in [3.8, 4) is 17.2 Å². The number of amides is 1. The van der Waals surface area contributed by atoms with E-state index in [1.54, 1.807) is 7.11 Å². The molecule has 0 radical (unpaired) electrons. The van der Waals surface area contributed by atoms with Crippen molar-refractivity contribution in [2.45, 2.75) is 25.8 Å². The third-order valence-corrected chi connectivity index (χ3v) is 4.40. The highest BCUT2D eigenvalue weighted by Gasteiger charge is 2.15. The number of carbonyl (C=O) groups excluding carboxylic acids is 1. The minimum absolute atomic E-state index is 0.0457. The van der Waals surface area contributed by atoms with Crippen LogP contribution in [0, 0.1) is 0 Å². The van der Waals surface area contributed by atoms with Crippen molar-refractivity contribution in [2.24, 2.45) is 0 Å². The van der Waals surface area contributed by atoms with Gasteiger partial charge in [0.25, 0.3) is 0 Å². The molecular weight excluding hydrogens is 344 g/mol. The van der Waals surface area contributed by atoms with Crippen molar-refractivity contribution in [1.82, 2.24) is 5.32 Å². The number of fused-ring (bicyclic) bond motifs is 1. The molecule has 2 aromatic carbocycles. The largest absolute Gasteiger partial charge is 0.497 e. The highest BCUT2D eigenvalue weighted by molar-refractivity contribution is 5.84. The fourth-order valence-corrected chi connectivity index (χ4v) is 2.84. The maximum atomic E-state index is 12.3. The summed E-state index contributed by atoms with van der Waals surface area (Å²) >= 11 is 0. The van der Waals surface area contributed by atoms with E-state index in [9.17, 15) is 4.79 Å². The number of nitrogens with one attached hydrogen (secondary N) is 2. The van der Waals surface area contributed by atoms with E-state index in [2.05, 4.69) is 10.6 Å². The first-order valence-electron chi connectivity index (χ1n) is 9.22. The summed E-state index contributed by atoms with van der Waals surface area (Å²) in [6.07, 6.45) is 1.64. The van der Waals surface area contributed by atoms with Crippen LogP contribution >= 0.6 is 0 Å². The number of methoxy groups -OCH3 is 1. The van der Waals surface area contributed by atoms with Crippen molar-refractivity contribution >= 4 is 11.6 Å². The van der Waals surface area contributed by atoms with Crippen LogP contribution in [-0.2, 0) is 11.2 Å². The predicted molar refractivity (Wildman–Crippen MR) is 105 cm³/mol. The van der Waals surface area contributed by atoms with Gasteiger partial charge in [-0.15, -0.1) is 0 Å². The van der Waals surface area contributed by atoms with Crippen molar-refractivity contribution in [3.05, 3.63) is 48.0 Å². The van der Waals surface area contributed by atoms with E-state index < -0.39 is 0 Å². The Balaban J connectivity index is 1.48. The third kappa shape index (κ3) is 5.29. The lowest BCUT2D eigenvalue weighted by Crippen LogP contribution is -2.38. The lowest BCUT2D eigenvalue weighted by Gasteiger charge is -2.17. The van der Waals surface area contributed by atoms with Gasteiger partial charge in [0, 0.05) is 24.7 Å². The van der Waals surface area contributed by atoms with Gasteiger partial charge in [0.05, 0.1) is 20.3 Å². The fourth-order valence-electron chi connectivity index (χ4n) is 2.84. The molecule has 27 heavy (non-hydrogen) atoms. The molecule has 2 aromatic rings. The Bertz CT molecular complexity index is 761. The molecule has 1 heterocycles. The maximum absolute atomic E-state index is 12.3. The molecule has 1 aliphatic heterocycles. The zero-order valence-corrected chi connectivity index (χ0v) is 15.8. The standard InChI is InChI=1S/C21H26N2O4/c1-15(21(24)22-11-10-16-4-7-18(25-2)8-5-16)23-17-6-9-19-20(14-17)27-13-3-12-26-19/h4-9,14-15,23H,3,10-13H2,1-2H3,(H,22,24).